The van der Waals surface area contributed by atoms with E-state index in [4.69, 9.17) is 0 Å². The third-order valence-electron chi connectivity index (χ3n) is 3.02. The molecule has 1 aliphatic carbocycles. The molecule has 1 aromatic rings. The monoisotopic (exact) mass is 205 g/mol. The van der Waals surface area contributed by atoms with Gasteiger partial charge in [-0.1, -0.05) is 32.1 Å². The van der Waals surface area contributed by atoms with Crippen molar-refractivity contribution in [2.24, 2.45) is 0 Å². The molecule has 82 valence electrons. The number of anilines is 1. The predicted molar refractivity (Wildman–Crippen MR) is 61.8 cm³/mol. The number of rotatable bonds is 2. The molecule has 3 heteroatoms. The van der Waals surface area contributed by atoms with Crippen molar-refractivity contribution in [2.45, 2.75) is 51.0 Å². The van der Waals surface area contributed by atoms with Crippen LogP contribution in [0.15, 0.2) is 18.6 Å². The number of aromatic nitrogens is 2. The van der Waals surface area contributed by atoms with Crippen LogP contribution in [0.3, 0.4) is 0 Å². The number of hydrogen-bond donors (Lipinski definition) is 1. The molecule has 0 amide bonds. The fourth-order valence-electron chi connectivity index (χ4n) is 2.18. The number of nitrogens with zero attached hydrogens (tertiary/aromatic N) is 2. The van der Waals surface area contributed by atoms with Crippen molar-refractivity contribution < 1.29 is 0 Å². The zero-order valence-electron chi connectivity index (χ0n) is 9.15. The van der Waals surface area contributed by atoms with Gasteiger partial charge in [0.2, 0.25) is 0 Å². The van der Waals surface area contributed by atoms with Gasteiger partial charge in [-0.3, -0.25) is 4.98 Å². The van der Waals surface area contributed by atoms with Crippen molar-refractivity contribution in [1.82, 2.24) is 9.97 Å². The van der Waals surface area contributed by atoms with E-state index in [-0.39, 0.29) is 0 Å². The van der Waals surface area contributed by atoms with E-state index < -0.39 is 0 Å². The first-order valence-corrected chi connectivity index (χ1v) is 5.98. The fourth-order valence-corrected chi connectivity index (χ4v) is 2.18. The zero-order valence-corrected chi connectivity index (χ0v) is 9.15. The predicted octanol–water partition coefficient (Wildman–Crippen LogP) is 3.00. The van der Waals surface area contributed by atoms with Gasteiger partial charge in [-0.15, -0.1) is 0 Å². The molecule has 1 fully saturated rings. The van der Waals surface area contributed by atoms with E-state index in [1.54, 1.807) is 18.6 Å². The smallest absolute Gasteiger partial charge is 0.144 e. The van der Waals surface area contributed by atoms with Gasteiger partial charge in [0.05, 0.1) is 6.20 Å². The zero-order chi connectivity index (χ0) is 10.3. The second-order valence-electron chi connectivity index (χ2n) is 4.28. The van der Waals surface area contributed by atoms with E-state index in [9.17, 15) is 0 Å². The summed E-state index contributed by atoms with van der Waals surface area (Å²) in [4.78, 5) is 8.32. The summed E-state index contributed by atoms with van der Waals surface area (Å²) >= 11 is 0. The molecule has 2 rings (SSSR count). The number of nitrogens with one attached hydrogen (secondary N) is 1. The van der Waals surface area contributed by atoms with E-state index in [2.05, 4.69) is 15.3 Å². The largest absolute Gasteiger partial charge is 0.366 e. The van der Waals surface area contributed by atoms with Crippen LogP contribution in [-0.4, -0.2) is 16.0 Å². The molecule has 1 heterocycles. The van der Waals surface area contributed by atoms with Crippen molar-refractivity contribution in [3.8, 4) is 0 Å². The van der Waals surface area contributed by atoms with Crippen LogP contribution in [0.1, 0.15) is 44.9 Å². The molecule has 0 unspecified atom stereocenters. The summed E-state index contributed by atoms with van der Waals surface area (Å²) < 4.78 is 0. The van der Waals surface area contributed by atoms with Gasteiger partial charge >= 0.3 is 0 Å². The van der Waals surface area contributed by atoms with E-state index in [0.717, 1.165) is 5.82 Å². The van der Waals surface area contributed by atoms with Crippen LogP contribution in [0.2, 0.25) is 0 Å². The summed E-state index contributed by atoms with van der Waals surface area (Å²) in [6.07, 6.45) is 14.7. The van der Waals surface area contributed by atoms with Gasteiger partial charge in [-0.05, 0) is 12.8 Å². The summed E-state index contributed by atoms with van der Waals surface area (Å²) in [6.45, 7) is 0. The lowest BCUT2D eigenvalue weighted by Crippen LogP contribution is -2.21. The third-order valence-corrected chi connectivity index (χ3v) is 3.02. The fraction of sp³-hybridized carbons (Fsp3) is 0.667. The van der Waals surface area contributed by atoms with E-state index in [1.807, 2.05) is 0 Å². The maximum Gasteiger partial charge on any atom is 0.144 e. The van der Waals surface area contributed by atoms with Crippen LogP contribution in [0.5, 0.6) is 0 Å². The number of hydrogen-bond acceptors (Lipinski definition) is 3. The molecule has 0 atom stereocenters. The normalized spacial score (nSPS) is 19.2. The Hall–Kier alpha value is -1.12. The lowest BCUT2D eigenvalue weighted by molar-refractivity contribution is 0.470. The van der Waals surface area contributed by atoms with Crippen LogP contribution in [-0.2, 0) is 0 Å². The highest BCUT2D eigenvalue weighted by atomic mass is 15.0. The van der Waals surface area contributed by atoms with Crippen molar-refractivity contribution in [2.75, 3.05) is 5.32 Å². The summed E-state index contributed by atoms with van der Waals surface area (Å²) in [7, 11) is 0. The van der Waals surface area contributed by atoms with Crippen LogP contribution in [0, 0.1) is 0 Å². The van der Waals surface area contributed by atoms with Gasteiger partial charge < -0.3 is 5.32 Å². The Labute approximate surface area is 91.3 Å². The Balaban J connectivity index is 1.86. The molecule has 15 heavy (non-hydrogen) atoms. The minimum atomic E-state index is 0.599. The van der Waals surface area contributed by atoms with Gasteiger partial charge in [-0.2, -0.15) is 0 Å². The molecule has 0 bridgehead atoms. The highest BCUT2D eigenvalue weighted by Gasteiger charge is 2.11. The molecule has 0 aromatic carbocycles. The van der Waals surface area contributed by atoms with E-state index >= 15 is 0 Å². The standard InChI is InChI=1S/C12H19N3/c1-2-4-6-11(7-5-3-1)15-12-10-13-8-9-14-12/h8-11H,1-7H2,(H,14,15). The average molecular weight is 205 g/mol. The van der Waals surface area contributed by atoms with Gasteiger partial charge in [0.1, 0.15) is 5.82 Å². The summed E-state index contributed by atoms with van der Waals surface area (Å²) in [5.41, 5.74) is 0. The first kappa shape index (κ1) is 10.4. The Morgan fingerprint density at radius 3 is 2.40 bits per heavy atom. The lowest BCUT2D eigenvalue weighted by atomic mass is 9.97. The lowest BCUT2D eigenvalue weighted by Gasteiger charge is -2.21. The Morgan fingerprint density at radius 1 is 1.00 bits per heavy atom. The molecule has 0 saturated heterocycles. The second-order valence-corrected chi connectivity index (χ2v) is 4.28. The molecular formula is C12H19N3. The second kappa shape index (κ2) is 5.69. The quantitative estimate of drug-likeness (QED) is 0.806. The topological polar surface area (TPSA) is 37.8 Å². The maximum atomic E-state index is 4.25. The average Bonchev–Trinajstić information content (AvgIpc) is 2.23. The van der Waals surface area contributed by atoms with Crippen LogP contribution in [0.4, 0.5) is 5.82 Å². The third kappa shape index (κ3) is 3.50. The minimum absolute atomic E-state index is 0.599. The molecule has 1 N–H and O–H groups in total. The Bertz CT molecular complexity index is 265. The Kier molecular flexibility index (Phi) is 3.94. The first-order valence-electron chi connectivity index (χ1n) is 5.98. The maximum absolute atomic E-state index is 4.25. The molecule has 0 radical (unpaired) electrons. The van der Waals surface area contributed by atoms with Gasteiger partial charge in [0.15, 0.2) is 0 Å². The summed E-state index contributed by atoms with van der Waals surface area (Å²) in [5.74, 6) is 0.920. The first-order chi connectivity index (χ1) is 7.45. The van der Waals surface area contributed by atoms with Crippen LogP contribution < -0.4 is 5.32 Å². The van der Waals surface area contributed by atoms with Crippen LogP contribution >= 0.6 is 0 Å². The van der Waals surface area contributed by atoms with E-state index in [1.165, 1.54) is 44.9 Å². The Morgan fingerprint density at radius 2 is 1.73 bits per heavy atom. The summed E-state index contributed by atoms with van der Waals surface area (Å²) in [5, 5.41) is 3.48. The van der Waals surface area contributed by atoms with Crippen molar-refractivity contribution in [3.63, 3.8) is 0 Å². The van der Waals surface area contributed by atoms with Gasteiger partial charge in [-0.25, -0.2) is 4.98 Å². The van der Waals surface area contributed by atoms with Gasteiger partial charge in [0, 0.05) is 18.4 Å². The highest BCUT2D eigenvalue weighted by Crippen LogP contribution is 2.19. The molecule has 1 aromatic heterocycles. The molecule has 1 aliphatic rings. The molecule has 0 spiro atoms. The SMILES string of the molecule is c1cnc(NC2CCCCCCC2)cn1. The van der Waals surface area contributed by atoms with Crippen molar-refractivity contribution in [1.29, 1.82) is 0 Å². The van der Waals surface area contributed by atoms with Gasteiger partial charge in [0.25, 0.3) is 0 Å². The van der Waals surface area contributed by atoms with E-state index in [0.29, 0.717) is 6.04 Å². The summed E-state index contributed by atoms with van der Waals surface area (Å²) in [6, 6.07) is 0.599. The molecule has 1 saturated carbocycles. The van der Waals surface area contributed by atoms with Crippen molar-refractivity contribution >= 4 is 5.82 Å². The minimum Gasteiger partial charge on any atom is -0.366 e. The molecular weight excluding hydrogens is 186 g/mol. The van der Waals surface area contributed by atoms with Crippen LogP contribution in [0.25, 0.3) is 0 Å². The molecule has 0 aliphatic heterocycles. The van der Waals surface area contributed by atoms with Crippen molar-refractivity contribution in [3.05, 3.63) is 18.6 Å². The molecule has 3 nitrogen and oxygen atoms in total. The highest BCUT2D eigenvalue weighted by molar-refractivity contribution is 5.31.